The molecule has 1 N–H and O–H groups in total. The lowest BCUT2D eigenvalue weighted by Crippen LogP contribution is -2.45. The van der Waals surface area contributed by atoms with Crippen molar-refractivity contribution in [1.82, 2.24) is 20.1 Å². The molecule has 1 unspecified atom stereocenters. The number of carbonyl (C=O) groups excluding carboxylic acids is 2. The smallest absolute Gasteiger partial charge is 0.253 e. The van der Waals surface area contributed by atoms with Crippen LogP contribution < -0.4 is 5.32 Å². The second-order valence-corrected chi connectivity index (χ2v) is 11.1. The van der Waals surface area contributed by atoms with Crippen LogP contribution in [0.3, 0.4) is 0 Å². The van der Waals surface area contributed by atoms with E-state index < -0.39 is 0 Å². The quantitative estimate of drug-likeness (QED) is 0.410. The van der Waals surface area contributed by atoms with Crippen LogP contribution in [-0.2, 0) is 11.3 Å². The zero-order chi connectivity index (χ0) is 25.7. The minimum atomic E-state index is -0.209. The molecule has 192 valence electrons. The predicted molar refractivity (Wildman–Crippen MR) is 148 cm³/mol. The van der Waals surface area contributed by atoms with Gasteiger partial charge in [-0.2, -0.15) is 0 Å². The Bertz CT molecular complexity index is 1200. The summed E-state index contributed by atoms with van der Waals surface area (Å²) in [5.74, 6) is 0.211. The molecule has 6 nitrogen and oxygen atoms in total. The normalized spacial score (nSPS) is 18.2. The molecule has 0 aliphatic carbocycles. The average Bonchev–Trinajstić information content (AvgIpc) is 3.23. The highest BCUT2D eigenvalue weighted by molar-refractivity contribution is 9.10. The van der Waals surface area contributed by atoms with Crippen LogP contribution in [0.1, 0.15) is 53.2 Å². The van der Waals surface area contributed by atoms with Crippen LogP contribution in [0, 0.1) is 5.41 Å². The molecule has 37 heavy (non-hydrogen) atoms. The van der Waals surface area contributed by atoms with Gasteiger partial charge in [-0.1, -0.05) is 58.4 Å². The van der Waals surface area contributed by atoms with Crippen molar-refractivity contribution >= 4 is 27.7 Å². The third kappa shape index (κ3) is 6.11. The van der Waals surface area contributed by atoms with Gasteiger partial charge in [0.2, 0.25) is 5.91 Å². The molecule has 2 fully saturated rings. The lowest BCUT2D eigenvalue weighted by atomic mass is 9.77. The fraction of sp³-hybridized carbons (Fsp3) is 0.367. The van der Waals surface area contributed by atoms with Gasteiger partial charge in [-0.15, -0.1) is 0 Å². The maximum atomic E-state index is 13.4. The summed E-state index contributed by atoms with van der Waals surface area (Å²) in [5, 5.41) is 3.21. The number of aromatic nitrogens is 1. The van der Waals surface area contributed by atoms with Gasteiger partial charge in [-0.25, -0.2) is 0 Å². The Morgan fingerprint density at radius 1 is 0.973 bits per heavy atom. The van der Waals surface area contributed by atoms with Gasteiger partial charge in [0.05, 0.1) is 17.0 Å². The highest BCUT2D eigenvalue weighted by Crippen LogP contribution is 2.42. The Labute approximate surface area is 227 Å². The van der Waals surface area contributed by atoms with Crippen molar-refractivity contribution in [3.8, 4) is 0 Å². The van der Waals surface area contributed by atoms with Gasteiger partial charge in [-0.3, -0.25) is 14.6 Å². The van der Waals surface area contributed by atoms with E-state index in [1.165, 1.54) is 5.56 Å². The van der Waals surface area contributed by atoms with E-state index in [1.807, 2.05) is 35.2 Å². The van der Waals surface area contributed by atoms with Crippen molar-refractivity contribution in [1.29, 1.82) is 0 Å². The summed E-state index contributed by atoms with van der Waals surface area (Å²) >= 11 is 3.48. The molecule has 2 aliphatic heterocycles. The van der Waals surface area contributed by atoms with Crippen molar-refractivity contribution in [2.45, 2.75) is 38.3 Å². The van der Waals surface area contributed by atoms with Crippen molar-refractivity contribution in [3.05, 3.63) is 100 Å². The number of nitrogens with zero attached hydrogens (tertiary/aromatic N) is 3. The molecule has 1 aromatic heterocycles. The van der Waals surface area contributed by atoms with Gasteiger partial charge in [0.1, 0.15) is 0 Å². The number of likely N-dealkylation sites (tertiary alicyclic amines) is 2. The highest BCUT2D eigenvalue weighted by Gasteiger charge is 2.47. The van der Waals surface area contributed by atoms with Crippen molar-refractivity contribution in [3.63, 3.8) is 0 Å². The molecule has 2 aliphatic rings. The number of pyridine rings is 1. The first-order valence-corrected chi connectivity index (χ1v) is 13.8. The lowest BCUT2D eigenvalue weighted by molar-refractivity contribution is -0.138. The summed E-state index contributed by atoms with van der Waals surface area (Å²) in [4.78, 5) is 34.8. The summed E-state index contributed by atoms with van der Waals surface area (Å²) in [6.45, 7) is 4.23. The molecule has 7 heteroatoms. The number of halogens is 1. The number of hydrogen-bond donors (Lipinski definition) is 1. The van der Waals surface area contributed by atoms with E-state index in [9.17, 15) is 9.59 Å². The van der Waals surface area contributed by atoms with E-state index in [4.69, 9.17) is 0 Å². The first kappa shape index (κ1) is 25.6. The number of carbonyl (C=O) groups is 2. The first-order valence-electron chi connectivity index (χ1n) is 13.0. The standard InChI is InChI=1S/C30H33BrN4O2/c31-26-10-8-23(9-11-26)22-35-20-15-30(29(35)37)13-18-34(19-14-30)17-12-27(24-5-2-1-3-6-24)33-28(36)25-7-4-16-32-21-25/h1-11,16,21,27H,12-15,17-20,22H2,(H,33,36). The maximum Gasteiger partial charge on any atom is 0.253 e. The number of nitrogens with one attached hydrogen (secondary N) is 1. The molecule has 0 saturated carbocycles. The van der Waals surface area contributed by atoms with E-state index in [0.717, 1.165) is 61.9 Å². The van der Waals surface area contributed by atoms with E-state index in [2.05, 4.69) is 55.4 Å². The summed E-state index contributed by atoms with van der Waals surface area (Å²) in [7, 11) is 0. The Balaban J connectivity index is 1.16. The second-order valence-electron chi connectivity index (χ2n) is 10.2. The number of piperidine rings is 1. The third-order valence-corrected chi connectivity index (χ3v) is 8.39. The van der Waals surface area contributed by atoms with Gasteiger partial charge in [0.15, 0.2) is 0 Å². The average molecular weight is 562 g/mol. The Morgan fingerprint density at radius 2 is 1.70 bits per heavy atom. The number of hydrogen-bond acceptors (Lipinski definition) is 4. The molecule has 5 rings (SSSR count). The van der Waals surface area contributed by atoms with Gasteiger partial charge in [0.25, 0.3) is 5.91 Å². The van der Waals surface area contributed by atoms with Crippen LogP contribution in [0.5, 0.6) is 0 Å². The molecule has 1 atom stereocenters. The molecular weight excluding hydrogens is 528 g/mol. The number of amides is 2. The van der Waals surface area contributed by atoms with Gasteiger partial charge in [0, 0.05) is 36.5 Å². The van der Waals surface area contributed by atoms with Crippen molar-refractivity contribution in [2.75, 3.05) is 26.2 Å². The van der Waals surface area contributed by atoms with Crippen LogP contribution in [0.25, 0.3) is 0 Å². The minimum Gasteiger partial charge on any atom is -0.345 e. The summed E-state index contributed by atoms with van der Waals surface area (Å²) in [5.41, 5.74) is 2.63. The molecule has 3 aromatic rings. The van der Waals surface area contributed by atoms with E-state index in [0.29, 0.717) is 18.0 Å². The number of benzene rings is 2. The number of rotatable bonds is 8. The highest BCUT2D eigenvalue weighted by atomic mass is 79.9. The largest absolute Gasteiger partial charge is 0.345 e. The van der Waals surface area contributed by atoms with Crippen LogP contribution in [0.15, 0.2) is 83.6 Å². The van der Waals surface area contributed by atoms with Crippen molar-refractivity contribution in [2.24, 2.45) is 5.41 Å². The molecule has 2 saturated heterocycles. The monoisotopic (exact) mass is 560 g/mol. The topological polar surface area (TPSA) is 65.5 Å². The van der Waals surface area contributed by atoms with Crippen LogP contribution in [-0.4, -0.2) is 52.8 Å². The zero-order valence-corrected chi connectivity index (χ0v) is 22.6. The Kier molecular flexibility index (Phi) is 8.01. The Hall–Kier alpha value is -3.03. The van der Waals surface area contributed by atoms with Crippen LogP contribution in [0.2, 0.25) is 0 Å². The van der Waals surface area contributed by atoms with Crippen LogP contribution >= 0.6 is 15.9 Å². The van der Waals surface area contributed by atoms with Gasteiger partial charge < -0.3 is 15.1 Å². The van der Waals surface area contributed by atoms with Gasteiger partial charge in [-0.05, 0) is 74.2 Å². The molecule has 2 amide bonds. The molecule has 1 spiro atoms. The molecule has 2 aromatic carbocycles. The molecule has 3 heterocycles. The van der Waals surface area contributed by atoms with Gasteiger partial charge >= 0.3 is 0 Å². The molecule has 0 radical (unpaired) electrons. The molecule has 0 bridgehead atoms. The van der Waals surface area contributed by atoms with Crippen molar-refractivity contribution < 1.29 is 9.59 Å². The SMILES string of the molecule is O=C(NC(CCN1CCC2(CC1)CCN(Cc1ccc(Br)cc1)C2=O)c1ccccc1)c1cccnc1. The zero-order valence-electron chi connectivity index (χ0n) is 21.0. The first-order chi connectivity index (χ1) is 18.0. The predicted octanol–water partition coefficient (Wildman–Crippen LogP) is 5.22. The molecular formula is C30H33BrN4O2. The summed E-state index contributed by atoms with van der Waals surface area (Å²) < 4.78 is 1.05. The fourth-order valence-corrected chi connectivity index (χ4v) is 5.84. The summed E-state index contributed by atoms with van der Waals surface area (Å²) in [6.07, 6.45) is 6.84. The minimum absolute atomic E-state index is 0.0840. The maximum absolute atomic E-state index is 13.4. The lowest BCUT2D eigenvalue weighted by Gasteiger charge is -2.38. The third-order valence-electron chi connectivity index (χ3n) is 7.87. The van der Waals surface area contributed by atoms with Crippen LogP contribution in [0.4, 0.5) is 0 Å². The second kappa shape index (κ2) is 11.6. The fourth-order valence-electron chi connectivity index (χ4n) is 5.58. The van der Waals surface area contributed by atoms with E-state index >= 15 is 0 Å². The van der Waals surface area contributed by atoms with E-state index in [-0.39, 0.29) is 17.4 Å². The summed E-state index contributed by atoms with van der Waals surface area (Å²) in [6, 6.07) is 21.9. The van der Waals surface area contributed by atoms with E-state index in [1.54, 1.807) is 24.5 Å². The Morgan fingerprint density at radius 3 is 2.41 bits per heavy atom.